The van der Waals surface area contributed by atoms with Gasteiger partial charge in [-0.3, -0.25) is 9.59 Å². The third-order valence-corrected chi connectivity index (χ3v) is 6.09. The van der Waals surface area contributed by atoms with E-state index in [1.807, 2.05) is 24.3 Å². The second kappa shape index (κ2) is 6.34. The van der Waals surface area contributed by atoms with Gasteiger partial charge in [-0.1, -0.05) is 26.0 Å². The molecular formula is C22H26N2O3. The van der Waals surface area contributed by atoms with Crippen molar-refractivity contribution in [3.63, 3.8) is 0 Å². The molecule has 2 aliphatic rings. The van der Waals surface area contributed by atoms with E-state index in [1.54, 1.807) is 6.07 Å². The lowest BCUT2D eigenvalue weighted by atomic mass is 9.76. The number of rotatable bonds is 4. The van der Waals surface area contributed by atoms with Crippen LogP contribution in [0.2, 0.25) is 0 Å². The fourth-order valence-corrected chi connectivity index (χ4v) is 4.02. The summed E-state index contributed by atoms with van der Waals surface area (Å²) in [5.74, 6) is -0.390. The fourth-order valence-electron chi connectivity index (χ4n) is 4.02. The number of aliphatic hydroxyl groups is 1. The van der Waals surface area contributed by atoms with Crippen molar-refractivity contribution in [1.82, 2.24) is 4.98 Å². The van der Waals surface area contributed by atoms with Gasteiger partial charge in [0, 0.05) is 16.8 Å². The molecule has 0 saturated heterocycles. The van der Waals surface area contributed by atoms with Crippen LogP contribution in [0.1, 0.15) is 60.3 Å². The molecule has 1 amide bonds. The third-order valence-electron chi connectivity index (χ3n) is 6.09. The van der Waals surface area contributed by atoms with Gasteiger partial charge >= 0.3 is 0 Å². The van der Waals surface area contributed by atoms with Gasteiger partial charge in [0.15, 0.2) is 0 Å². The van der Waals surface area contributed by atoms with Crippen molar-refractivity contribution >= 4 is 11.6 Å². The van der Waals surface area contributed by atoms with Gasteiger partial charge in [0.2, 0.25) is 0 Å². The summed E-state index contributed by atoms with van der Waals surface area (Å²) in [4.78, 5) is 27.9. The molecule has 27 heavy (non-hydrogen) atoms. The zero-order valence-electron chi connectivity index (χ0n) is 15.9. The Morgan fingerprint density at radius 2 is 1.89 bits per heavy atom. The molecule has 2 aliphatic carbocycles. The molecule has 1 heterocycles. The van der Waals surface area contributed by atoms with E-state index in [4.69, 9.17) is 0 Å². The lowest BCUT2D eigenvalue weighted by Crippen LogP contribution is -2.29. The number of aryl methyl sites for hydroxylation is 1. The lowest BCUT2D eigenvalue weighted by molar-refractivity contribution is 0.102. The highest BCUT2D eigenvalue weighted by molar-refractivity contribution is 6.04. The maximum absolute atomic E-state index is 12.7. The molecule has 3 N–H and O–H groups in total. The molecule has 0 aliphatic heterocycles. The second-order valence-corrected chi connectivity index (χ2v) is 8.83. The van der Waals surface area contributed by atoms with E-state index in [2.05, 4.69) is 24.1 Å². The molecule has 2 aromatic rings. The lowest BCUT2D eigenvalue weighted by Gasteiger charge is -2.31. The Labute approximate surface area is 158 Å². The van der Waals surface area contributed by atoms with E-state index in [1.165, 1.54) is 0 Å². The Hall–Kier alpha value is -2.40. The highest BCUT2D eigenvalue weighted by Crippen LogP contribution is 2.47. The standard InChI is InChI=1S/C22H26N2O3/c1-21(2)8-7-18-14(12-21)11-17(20(27)24-18)19(26)23-16-5-3-15(4-6-16)22(13-25)9-10-22/h3-6,11,25H,7-10,12-13H2,1-2H3,(H,23,26)(H,24,27). The van der Waals surface area contributed by atoms with Crippen molar-refractivity contribution in [2.24, 2.45) is 5.41 Å². The number of pyridine rings is 1. The minimum absolute atomic E-state index is 0.0923. The van der Waals surface area contributed by atoms with E-state index in [9.17, 15) is 14.7 Å². The van der Waals surface area contributed by atoms with E-state index in [-0.39, 0.29) is 28.6 Å². The molecule has 142 valence electrons. The number of aromatic nitrogens is 1. The van der Waals surface area contributed by atoms with E-state index in [0.29, 0.717) is 5.69 Å². The third kappa shape index (κ3) is 3.44. The molecule has 1 aromatic heterocycles. The SMILES string of the molecule is CC1(C)CCc2[nH]c(=O)c(C(=O)Nc3ccc(C4(CO)CC4)cc3)cc2C1. The number of benzene rings is 1. The molecule has 1 aromatic carbocycles. The molecule has 0 radical (unpaired) electrons. The van der Waals surface area contributed by atoms with Crippen LogP contribution in [0, 0.1) is 5.41 Å². The zero-order chi connectivity index (χ0) is 19.2. The molecule has 5 nitrogen and oxygen atoms in total. The number of hydrogen-bond acceptors (Lipinski definition) is 3. The molecular weight excluding hydrogens is 340 g/mol. The number of hydrogen-bond donors (Lipinski definition) is 3. The monoisotopic (exact) mass is 366 g/mol. The number of carbonyl (C=O) groups excluding carboxylic acids is 1. The van der Waals surface area contributed by atoms with Gasteiger partial charge in [0.25, 0.3) is 11.5 Å². The van der Waals surface area contributed by atoms with E-state index < -0.39 is 5.91 Å². The Morgan fingerprint density at radius 1 is 1.19 bits per heavy atom. The van der Waals surface area contributed by atoms with Crippen molar-refractivity contribution in [2.75, 3.05) is 11.9 Å². The van der Waals surface area contributed by atoms with Crippen LogP contribution in [0.3, 0.4) is 0 Å². The summed E-state index contributed by atoms with van der Waals surface area (Å²) in [6, 6.07) is 9.30. The normalized spacial score (nSPS) is 19.2. The van der Waals surface area contributed by atoms with Crippen LogP contribution in [0.5, 0.6) is 0 Å². The van der Waals surface area contributed by atoms with Crippen LogP contribution in [-0.4, -0.2) is 22.6 Å². The minimum Gasteiger partial charge on any atom is -0.395 e. The Balaban J connectivity index is 1.54. The predicted octanol–water partition coefficient (Wildman–Crippen LogP) is 3.17. The molecule has 4 rings (SSSR count). The Kier molecular flexibility index (Phi) is 4.22. The largest absolute Gasteiger partial charge is 0.395 e. The highest BCUT2D eigenvalue weighted by atomic mass is 16.3. The molecule has 0 unspecified atom stereocenters. The van der Waals surface area contributed by atoms with Crippen LogP contribution in [0.4, 0.5) is 5.69 Å². The van der Waals surface area contributed by atoms with Crippen LogP contribution in [-0.2, 0) is 18.3 Å². The van der Waals surface area contributed by atoms with Gasteiger partial charge in [0.1, 0.15) is 5.56 Å². The van der Waals surface area contributed by atoms with Crippen molar-refractivity contribution in [3.05, 3.63) is 63.1 Å². The number of aliphatic hydroxyl groups excluding tert-OH is 1. The van der Waals surface area contributed by atoms with Gasteiger partial charge in [-0.05, 0) is 66.8 Å². The average molecular weight is 366 g/mol. The fraction of sp³-hybridized carbons (Fsp3) is 0.455. The molecule has 0 bridgehead atoms. The molecule has 0 atom stereocenters. The number of carbonyl (C=O) groups is 1. The number of amides is 1. The zero-order valence-corrected chi connectivity index (χ0v) is 15.9. The van der Waals surface area contributed by atoms with Crippen molar-refractivity contribution in [2.45, 2.75) is 51.4 Å². The van der Waals surface area contributed by atoms with Crippen LogP contribution >= 0.6 is 0 Å². The summed E-state index contributed by atoms with van der Waals surface area (Å²) >= 11 is 0. The van der Waals surface area contributed by atoms with E-state index in [0.717, 1.165) is 48.9 Å². The number of H-pyrrole nitrogens is 1. The van der Waals surface area contributed by atoms with Gasteiger partial charge in [0.05, 0.1) is 6.61 Å². The van der Waals surface area contributed by atoms with Crippen molar-refractivity contribution in [1.29, 1.82) is 0 Å². The first kappa shape index (κ1) is 18.0. The van der Waals surface area contributed by atoms with Gasteiger partial charge in [-0.15, -0.1) is 0 Å². The first-order valence-electron chi connectivity index (χ1n) is 9.60. The molecule has 1 saturated carbocycles. The van der Waals surface area contributed by atoms with E-state index >= 15 is 0 Å². The second-order valence-electron chi connectivity index (χ2n) is 8.83. The number of nitrogens with one attached hydrogen (secondary N) is 2. The van der Waals surface area contributed by atoms with Crippen LogP contribution < -0.4 is 10.9 Å². The van der Waals surface area contributed by atoms with Gasteiger partial charge in [-0.25, -0.2) is 0 Å². The summed E-state index contributed by atoms with van der Waals surface area (Å²) in [7, 11) is 0. The van der Waals surface area contributed by atoms with Crippen molar-refractivity contribution < 1.29 is 9.90 Å². The highest BCUT2D eigenvalue weighted by Gasteiger charge is 2.43. The molecule has 1 fully saturated rings. The average Bonchev–Trinajstić information content (AvgIpc) is 3.43. The smallest absolute Gasteiger partial charge is 0.261 e. The Morgan fingerprint density at radius 3 is 2.52 bits per heavy atom. The first-order chi connectivity index (χ1) is 12.8. The Bertz CT molecular complexity index is 937. The predicted molar refractivity (Wildman–Crippen MR) is 105 cm³/mol. The first-order valence-corrected chi connectivity index (χ1v) is 9.60. The maximum atomic E-state index is 12.7. The molecule has 5 heteroatoms. The number of fused-ring (bicyclic) bond motifs is 1. The minimum atomic E-state index is -0.390. The van der Waals surface area contributed by atoms with Crippen LogP contribution in [0.15, 0.2) is 35.1 Å². The quantitative estimate of drug-likeness (QED) is 0.777. The maximum Gasteiger partial charge on any atom is 0.261 e. The molecule has 0 spiro atoms. The summed E-state index contributed by atoms with van der Waals surface area (Å²) in [5, 5.41) is 12.4. The number of aromatic amines is 1. The van der Waals surface area contributed by atoms with Gasteiger partial charge < -0.3 is 15.4 Å². The summed E-state index contributed by atoms with van der Waals surface area (Å²) < 4.78 is 0. The summed E-state index contributed by atoms with van der Waals surface area (Å²) in [5.41, 5.74) is 3.67. The number of anilines is 1. The summed E-state index contributed by atoms with van der Waals surface area (Å²) in [6.45, 7) is 4.57. The summed E-state index contributed by atoms with van der Waals surface area (Å²) in [6.07, 6.45) is 4.72. The van der Waals surface area contributed by atoms with Crippen LogP contribution in [0.25, 0.3) is 0 Å². The van der Waals surface area contributed by atoms with Gasteiger partial charge in [-0.2, -0.15) is 0 Å². The topological polar surface area (TPSA) is 82.2 Å². The van der Waals surface area contributed by atoms with Crippen molar-refractivity contribution in [3.8, 4) is 0 Å².